The van der Waals surface area contributed by atoms with Crippen LogP contribution in [0.4, 0.5) is 0 Å². The molecule has 2 aliphatic heterocycles. The number of hydrogen-bond acceptors (Lipinski definition) is 5. The maximum atomic E-state index is 12.1. The maximum absolute atomic E-state index is 12.1. The second kappa shape index (κ2) is 4.70. The van der Waals surface area contributed by atoms with E-state index in [1.165, 1.54) is 6.26 Å². The number of nitrogens with one attached hydrogen (secondary N) is 1. The molecule has 3 heterocycles. The van der Waals surface area contributed by atoms with Gasteiger partial charge in [-0.05, 0) is 25.0 Å². The number of rotatable bonds is 4. The first-order valence-electron chi connectivity index (χ1n) is 6.33. The number of aliphatic carboxylic acids is 1. The highest BCUT2D eigenvalue weighted by molar-refractivity contribution is 5.85. The van der Waals surface area contributed by atoms with Gasteiger partial charge in [-0.25, -0.2) is 0 Å². The van der Waals surface area contributed by atoms with E-state index in [4.69, 9.17) is 9.15 Å². The van der Waals surface area contributed by atoms with Gasteiger partial charge < -0.3 is 24.4 Å². The first-order chi connectivity index (χ1) is 9.16. The molecule has 6 nitrogen and oxygen atoms in total. The fourth-order valence-corrected chi connectivity index (χ4v) is 3.02. The number of carboxylic acid groups (broad SMARTS) is 1. The number of amides is 1. The Labute approximate surface area is 109 Å². The molecule has 4 atom stereocenters. The molecule has 0 saturated carbocycles. The van der Waals surface area contributed by atoms with Gasteiger partial charge in [0, 0.05) is 11.9 Å². The van der Waals surface area contributed by atoms with E-state index in [-0.39, 0.29) is 24.7 Å². The van der Waals surface area contributed by atoms with Crippen LogP contribution in [0.2, 0.25) is 0 Å². The standard InChI is InChI=1S/C13H15NO5/c15-12(14-6-7-2-1-5-18-7)10-8-3-4-9(19-8)11(10)13(16)17/h1-2,5,8-11H,3-4,6H2,(H,14,15)(H,16,17)/p-1/t8-,9+,10-,11+/m1/s1. The smallest absolute Gasteiger partial charge is 0.226 e. The number of fused-ring (bicyclic) bond motifs is 2. The second-order valence-electron chi connectivity index (χ2n) is 4.96. The van der Waals surface area contributed by atoms with Gasteiger partial charge in [0.15, 0.2) is 0 Å². The summed E-state index contributed by atoms with van der Waals surface area (Å²) in [5, 5.41) is 13.8. The summed E-state index contributed by atoms with van der Waals surface area (Å²) in [5.74, 6) is -2.38. The molecule has 19 heavy (non-hydrogen) atoms. The van der Waals surface area contributed by atoms with Crippen LogP contribution in [0.1, 0.15) is 18.6 Å². The van der Waals surface area contributed by atoms with Crippen LogP contribution in [0, 0.1) is 11.8 Å². The van der Waals surface area contributed by atoms with Crippen molar-refractivity contribution >= 4 is 11.9 Å². The third kappa shape index (κ3) is 2.12. The summed E-state index contributed by atoms with van der Waals surface area (Å²) in [6, 6.07) is 3.47. The third-order valence-corrected chi connectivity index (χ3v) is 3.87. The first kappa shape index (κ1) is 12.2. The zero-order valence-corrected chi connectivity index (χ0v) is 10.2. The highest BCUT2D eigenvalue weighted by Gasteiger charge is 2.52. The molecule has 1 amide bonds. The van der Waals surface area contributed by atoms with Crippen molar-refractivity contribution in [2.75, 3.05) is 0 Å². The number of carboxylic acids is 1. The zero-order chi connectivity index (χ0) is 13.4. The normalized spacial score (nSPS) is 32.4. The summed E-state index contributed by atoms with van der Waals surface area (Å²) in [6.07, 6.45) is 2.25. The van der Waals surface area contributed by atoms with Crippen LogP contribution in [-0.4, -0.2) is 24.1 Å². The van der Waals surface area contributed by atoms with Gasteiger partial charge in [-0.1, -0.05) is 0 Å². The summed E-state index contributed by atoms with van der Waals surface area (Å²) in [7, 11) is 0. The van der Waals surface area contributed by atoms with E-state index in [1.807, 2.05) is 0 Å². The molecule has 2 aliphatic rings. The minimum atomic E-state index is -1.20. The number of carbonyl (C=O) groups is 2. The molecular weight excluding hydrogens is 250 g/mol. The second-order valence-corrected chi connectivity index (χ2v) is 4.96. The number of carbonyl (C=O) groups excluding carboxylic acids is 2. The zero-order valence-electron chi connectivity index (χ0n) is 10.2. The van der Waals surface area contributed by atoms with Crippen LogP contribution < -0.4 is 10.4 Å². The summed E-state index contributed by atoms with van der Waals surface area (Å²) < 4.78 is 10.6. The molecule has 0 aromatic carbocycles. The Kier molecular flexibility index (Phi) is 3.02. The molecule has 0 aliphatic carbocycles. The third-order valence-electron chi connectivity index (χ3n) is 3.87. The molecule has 2 bridgehead atoms. The molecular formula is C13H14NO5-. The van der Waals surface area contributed by atoms with Gasteiger partial charge in [-0.2, -0.15) is 0 Å². The number of furan rings is 1. The van der Waals surface area contributed by atoms with Crippen LogP contribution in [0.5, 0.6) is 0 Å². The summed E-state index contributed by atoms with van der Waals surface area (Å²) in [4.78, 5) is 23.3. The van der Waals surface area contributed by atoms with Gasteiger partial charge in [0.2, 0.25) is 5.91 Å². The van der Waals surface area contributed by atoms with Crippen molar-refractivity contribution < 1.29 is 23.8 Å². The number of hydrogen-bond donors (Lipinski definition) is 1. The van der Waals surface area contributed by atoms with Gasteiger partial charge in [0.05, 0.1) is 30.9 Å². The number of ether oxygens (including phenoxy) is 1. The molecule has 0 unspecified atom stereocenters. The molecule has 2 fully saturated rings. The van der Waals surface area contributed by atoms with Crippen molar-refractivity contribution in [2.24, 2.45) is 11.8 Å². The van der Waals surface area contributed by atoms with Gasteiger partial charge in [0.25, 0.3) is 0 Å². The quantitative estimate of drug-likeness (QED) is 0.787. The molecule has 0 radical (unpaired) electrons. The monoisotopic (exact) mass is 264 g/mol. The van der Waals surface area contributed by atoms with Crippen LogP contribution >= 0.6 is 0 Å². The van der Waals surface area contributed by atoms with Crippen molar-refractivity contribution in [3.8, 4) is 0 Å². The summed E-state index contributed by atoms with van der Waals surface area (Å²) in [5.41, 5.74) is 0. The Bertz CT molecular complexity index is 483. The van der Waals surface area contributed by atoms with E-state index < -0.39 is 17.8 Å². The van der Waals surface area contributed by atoms with Crippen LogP contribution in [0.25, 0.3) is 0 Å². The molecule has 3 rings (SSSR count). The predicted octanol–water partition coefficient (Wildman–Crippen LogP) is -0.561. The summed E-state index contributed by atoms with van der Waals surface area (Å²) in [6.45, 7) is 0.249. The van der Waals surface area contributed by atoms with E-state index in [0.29, 0.717) is 12.2 Å². The lowest BCUT2D eigenvalue weighted by Gasteiger charge is -2.27. The Balaban J connectivity index is 1.66. The SMILES string of the molecule is O=C([O-])[C@@H]1[C@H](C(=O)NCc2ccco2)[C@H]2CC[C@@H]1O2. The summed E-state index contributed by atoms with van der Waals surface area (Å²) >= 11 is 0. The van der Waals surface area contributed by atoms with E-state index in [9.17, 15) is 14.7 Å². The lowest BCUT2D eigenvalue weighted by molar-refractivity contribution is -0.314. The predicted molar refractivity (Wildman–Crippen MR) is 60.4 cm³/mol. The lowest BCUT2D eigenvalue weighted by atomic mass is 9.79. The average Bonchev–Trinajstić information content (AvgIpc) is 3.10. The largest absolute Gasteiger partial charge is 0.550 e. The Morgan fingerprint density at radius 1 is 1.32 bits per heavy atom. The topological polar surface area (TPSA) is 91.6 Å². The van der Waals surface area contributed by atoms with E-state index in [0.717, 1.165) is 6.42 Å². The minimum Gasteiger partial charge on any atom is -0.550 e. The molecule has 2 saturated heterocycles. The van der Waals surface area contributed by atoms with Crippen LogP contribution in [0.15, 0.2) is 22.8 Å². The fourth-order valence-electron chi connectivity index (χ4n) is 3.02. The van der Waals surface area contributed by atoms with Crippen LogP contribution in [-0.2, 0) is 20.9 Å². The molecule has 6 heteroatoms. The minimum absolute atomic E-state index is 0.249. The van der Waals surface area contributed by atoms with Crippen molar-refractivity contribution in [1.82, 2.24) is 5.32 Å². The van der Waals surface area contributed by atoms with Crippen molar-refractivity contribution in [3.63, 3.8) is 0 Å². The van der Waals surface area contributed by atoms with Gasteiger partial charge in [0.1, 0.15) is 5.76 Å². The first-order valence-corrected chi connectivity index (χ1v) is 6.33. The maximum Gasteiger partial charge on any atom is 0.226 e. The van der Waals surface area contributed by atoms with Crippen molar-refractivity contribution in [2.45, 2.75) is 31.6 Å². The van der Waals surface area contributed by atoms with Gasteiger partial charge in [-0.15, -0.1) is 0 Å². The Morgan fingerprint density at radius 2 is 2.05 bits per heavy atom. The van der Waals surface area contributed by atoms with Gasteiger partial charge in [-0.3, -0.25) is 4.79 Å². The molecule has 102 valence electrons. The van der Waals surface area contributed by atoms with Crippen LogP contribution in [0.3, 0.4) is 0 Å². The Morgan fingerprint density at radius 3 is 2.68 bits per heavy atom. The Hall–Kier alpha value is -1.82. The van der Waals surface area contributed by atoms with E-state index >= 15 is 0 Å². The highest BCUT2D eigenvalue weighted by Crippen LogP contribution is 2.43. The average molecular weight is 264 g/mol. The highest BCUT2D eigenvalue weighted by atomic mass is 16.5. The molecule has 0 spiro atoms. The van der Waals surface area contributed by atoms with Gasteiger partial charge >= 0.3 is 0 Å². The molecule has 1 N–H and O–H groups in total. The van der Waals surface area contributed by atoms with E-state index in [1.54, 1.807) is 12.1 Å². The van der Waals surface area contributed by atoms with Crippen molar-refractivity contribution in [3.05, 3.63) is 24.2 Å². The molecule has 1 aromatic rings. The van der Waals surface area contributed by atoms with Crippen molar-refractivity contribution in [1.29, 1.82) is 0 Å². The fraction of sp³-hybridized carbons (Fsp3) is 0.538. The van der Waals surface area contributed by atoms with E-state index in [2.05, 4.69) is 5.32 Å². The molecule has 1 aromatic heterocycles. The lowest BCUT2D eigenvalue weighted by Crippen LogP contribution is -2.48.